The van der Waals surface area contributed by atoms with E-state index in [-0.39, 0.29) is 5.46 Å². The van der Waals surface area contributed by atoms with E-state index in [1.54, 1.807) is 12.1 Å². The SMILES string of the molecule is OB(O)c1cc2oc3ccccc3c2cc1Cl. The van der Waals surface area contributed by atoms with Gasteiger partial charge in [-0.3, -0.25) is 0 Å². The van der Waals surface area contributed by atoms with Gasteiger partial charge in [0.1, 0.15) is 11.2 Å². The first kappa shape index (κ1) is 10.7. The van der Waals surface area contributed by atoms with Crippen LogP contribution < -0.4 is 5.46 Å². The smallest absolute Gasteiger partial charge is 0.456 e. The van der Waals surface area contributed by atoms with Gasteiger partial charge in [-0.05, 0) is 18.2 Å². The van der Waals surface area contributed by atoms with Crippen LogP contribution in [0.3, 0.4) is 0 Å². The summed E-state index contributed by atoms with van der Waals surface area (Å²) in [6.45, 7) is 0. The van der Waals surface area contributed by atoms with Crippen LogP contribution in [-0.2, 0) is 0 Å². The van der Waals surface area contributed by atoms with Gasteiger partial charge in [-0.1, -0.05) is 29.8 Å². The standard InChI is InChI=1S/C12H8BClO3/c14-10-5-8-7-3-1-2-4-11(7)17-12(8)6-9(10)13(15)16/h1-6,15-16H. The molecule has 0 amide bonds. The van der Waals surface area contributed by atoms with E-state index >= 15 is 0 Å². The van der Waals surface area contributed by atoms with Crippen molar-refractivity contribution in [3.05, 3.63) is 41.4 Å². The minimum atomic E-state index is -1.60. The van der Waals surface area contributed by atoms with Crippen molar-refractivity contribution in [1.29, 1.82) is 0 Å². The molecule has 0 fully saturated rings. The van der Waals surface area contributed by atoms with Gasteiger partial charge in [0, 0.05) is 21.3 Å². The fraction of sp³-hybridized carbons (Fsp3) is 0. The van der Waals surface area contributed by atoms with Gasteiger partial charge < -0.3 is 14.5 Å². The maximum Gasteiger partial charge on any atom is 0.490 e. The molecule has 3 nitrogen and oxygen atoms in total. The molecule has 0 aliphatic carbocycles. The average Bonchev–Trinajstić information content (AvgIpc) is 2.65. The maximum atomic E-state index is 9.17. The number of hydrogen-bond donors (Lipinski definition) is 2. The molecule has 84 valence electrons. The number of para-hydroxylation sites is 1. The Morgan fingerprint density at radius 2 is 1.76 bits per heavy atom. The van der Waals surface area contributed by atoms with Gasteiger partial charge in [-0.2, -0.15) is 0 Å². The second kappa shape index (κ2) is 3.77. The first-order valence-electron chi connectivity index (χ1n) is 5.13. The lowest BCUT2D eigenvalue weighted by atomic mass is 9.80. The van der Waals surface area contributed by atoms with E-state index < -0.39 is 7.12 Å². The van der Waals surface area contributed by atoms with Gasteiger partial charge in [0.25, 0.3) is 0 Å². The molecule has 3 aromatic rings. The summed E-state index contributed by atoms with van der Waals surface area (Å²) in [6, 6.07) is 10.8. The zero-order valence-corrected chi connectivity index (χ0v) is 9.48. The lowest BCUT2D eigenvalue weighted by Crippen LogP contribution is -2.30. The molecule has 0 aliphatic rings. The Kier molecular flexibility index (Phi) is 2.36. The molecule has 0 unspecified atom stereocenters. The van der Waals surface area contributed by atoms with E-state index in [0.717, 1.165) is 16.4 Å². The molecule has 1 aromatic heterocycles. The zero-order valence-electron chi connectivity index (χ0n) is 8.72. The molecular formula is C12H8BClO3. The van der Waals surface area contributed by atoms with E-state index in [2.05, 4.69) is 0 Å². The maximum absolute atomic E-state index is 9.17. The quantitative estimate of drug-likeness (QED) is 0.645. The lowest BCUT2D eigenvalue weighted by molar-refractivity contribution is 0.426. The van der Waals surface area contributed by atoms with Crippen LogP contribution in [0.5, 0.6) is 0 Å². The fourth-order valence-electron chi connectivity index (χ4n) is 1.96. The summed E-state index contributed by atoms with van der Waals surface area (Å²) < 4.78 is 5.62. The number of furan rings is 1. The Balaban J connectivity index is 2.42. The van der Waals surface area contributed by atoms with Gasteiger partial charge >= 0.3 is 7.12 Å². The number of halogens is 1. The third-order valence-electron chi connectivity index (χ3n) is 2.77. The highest BCUT2D eigenvalue weighted by Crippen LogP contribution is 2.29. The predicted molar refractivity (Wildman–Crippen MR) is 68.6 cm³/mol. The molecule has 2 N–H and O–H groups in total. The number of rotatable bonds is 1. The molecule has 0 aliphatic heterocycles. The second-order valence-corrected chi connectivity index (χ2v) is 4.25. The molecule has 5 heteroatoms. The summed E-state index contributed by atoms with van der Waals surface area (Å²) in [5, 5.41) is 20.5. The number of benzene rings is 2. The molecule has 0 saturated heterocycles. The monoisotopic (exact) mass is 246 g/mol. The zero-order chi connectivity index (χ0) is 12.0. The van der Waals surface area contributed by atoms with Gasteiger partial charge in [-0.25, -0.2) is 0 Å². The third-order valence-corrected chi connectivity index (χ3v) is 3.10. The molecule has 0 saturated carbocycles. The Bertz CT molecular complexity index is 705. The first-order valence-corrected chi connectivity index (χ1v) is 5.51. The summed E-state index contributed by atoms with van der Waals surface area (Å²) in [6.07, 6.45) is 0. The van der Waals surface area contributed by atoms with E-state index in [0.29, 0.717) is 10.6 Å². The van der Waals surface area contributed by atoms with Gasteiger partial charge in [0.05, 0.1) is 0 Å². The number of hydrogen-bond acceptors (Lipinski definition) is 3. The minimum Gasteiger partial charge on any atom is -0.456 e. The van der Waals surface area contributed by atoms with Crippen molar-refractivity contribution < 1.29 is 14.5 Å². The van der Waals surface area contributed by atoms with Gasteiger partial charge in [0.2, 0.25) is 0 Å². The largest absolute Gasteiger partial charge is 0.490 e. The summed E-state index contributed by atoms with van der Waals surface area (Å²) >= 11 is 5.99. The minimum absolute atomic E-state index is 0.248. The fourth-order valence-corrected chi connectivity index (χ4v) is 2.22. The van der Waals surface area contributed by atoms with Crippen LogP contribution in [0.4, 0.5) is 0 Å². The molecule has 0 bridgehead atoms. The van der Waals surface area contributed by atoms with E-state index in [1.165, 1.54) is 0 Å². The van der Waals surface area contributed by atoms with E-state index in [4.69, 9.17) is 26.1 Å². The van der Waals surface area contributed by atoms with Crippen LogP contribution in [-0.4, -0.2) is 17.2 Å². The molecule has 0 radical (unpaired) electrons. The molecular weight excluding hydrogens is 238 g/mol. The lowest BCUT2D eigenvalue weighted by Gasteiger charge is -2.01. The van der Waals surface area contributed by atoms with Crippen molar-refractivity contribution in [3.8, 4) is 0 Å². The van der Waals surface area contributed by atoms with Gasteiger partial charge in [-0.15, -0.1) is 0 Å². The first-order chi connectivity index (χ1) is 8.16. The van der Waals surface area contributed by atoms with Crippen molar-refractivity contribution in [2.45, 2.75) is 0 Å². The third kappa shape index (κ3) is 1.62. The van der Waals surface area contributed by atoms with Crippen LogP contribution in [0.1, 0.15) is 0 Å². The van der Waals surface area contributed by atoms with Crippen LogP contribution in [0.2, 0.25) is 5.02 Å². The van der Waals surface area contributed by atoms with E-state index in [9.17, 15) is 0 Å². The highest BCUT2D eigenvalue weighted by atomic mass is 35.5. The van der Waals surface area contributed by atoms with Crippen LogP contribution in [0.25, 0.3) is 21.9 Å². The predicted octanol–water partition coefficient (Wildman–Crippen LogP) is 1.92. The Hall–Kier alpha value is -1.49. The topological polar surface area (TPSA) is 53.6 Å². The molecule has 1 heterocycles. The van der Waals surface area contributed by atoms with Crippen molar-refractivity contribution in [1.82, 2.24) is 0 Å². The second-order valence-electron chi connectivity index (χ2n) is 3.84. The molecule has 2 aromatic carbocycles. The highest BCUT2D eigenvalue weighted by Gasteiger charge is 2.18. The molecule has 17 heavy (non-hydrogen) atoms. The molecule has 0 spiro atoms. The van der Waals surface area contributed by atoms with Crippen molar-refractivity contribution >= 4 is 46.1 Å². The van der Waals surface area contributed by atoms with Crippen molar-refractivity contribution in [3.63, 3.8) is 0 Å². The van der Waals surface area contributed by atoms with Gasteiger partial charge in [0.15, 0.2) is 0 Å². The Labute approximate surface area is 102 Å². The normalized spacial score (nSPS) is 11.2. The molecule has 3 rings (SSSR count). The summed E-state index contributed by atoms with van der Waals surface area (Å²) in [5.41, 5.74) is 1.60. The summed E-state index contributed by atoms with van der Waals surface area (Å²) in [5.74, 6) is 0. The van der Waals surface area contributed by atoms with Crippen LogP contribution in [0, 0.1) is 0 Å². The summed E-state index contributed by atoms with van der Waals surface area (Å²) in [4.78, 5) is 0. The highest BCUT2D eigenvalue weighted by molar-refractivity contribution is 6.63. The Morgan fingerprint density at radius 3 is 2.53 bits per heavy atom. The summed E-state index contributed by atoms with van der Waals surface area (Å²) in [7, 11) is -1.60. The van der Waals surface area contributed by atoms with Crippen LogP contribution in [0.15, 0.2) is 40.8 Å². The number of fused-ring (bicyclic) bond motifs is 3. The Morgan fingerprint density at radius 1 is 1.00 bits per heavy atom. The van der Waals surface area contributed by atoms with Crippen LogP contribution >= 0.6 is 11.6 Å². The van der Waals surface area contributed by atoms with E-state index in [1.807, 2.05) is 24.3 Å². The van der Waals surface area contributed by atoms with Crippen molar-refractivity contribution in [2.75, 3.05) is 0 Å². The van der Waals surface area contributed by atoms with Crippen molar-refractivity contribution in [2.24, 2.45) is 0 Å². The molecule has 0 atom stereocenters. The average molecular weight is 246 g/mol.